The van der Waals surface area contributed by atoms with Gasteiger partial charge in [-0.05, 0) is 6.07 Å². The van der Waals surface area contributed by atoms with Crippen LogP contribution in [0.3, 0.4) is 0 Å². The molecule has 0 radical (unpaired) electrons. The minimum atomic E-state index is 0.0821. The molecule has 0 aliphatic rings. The van der Waals surface area contributed by atoms with Crippen molar-refractivity contribution in [3.05, 3.63) is 36.1 Å². The van der Waals surface area contributed by atoms with Crippen molar-refractivity contribution in [2.45, 2.75) is 6.04 Å². The third-order valence-corrected chi connectivity index (χ3v) is 2.54. The Balaban J connectivity index is 2.37. The second-order valence-electron chi connectivity index (χ2n) is 4.00. The molecule has 0 bridgehead atoms. The van der Waals surface area contributed by atoms with Crippen LogP contribution in [0.4, 0.5) is 0 Å². The number of hydrogen-bond acceptors (Lipinski definition) is 4. The fourth-order valence-corrected chi connectivity index (χ4v) is 1.83. The lowest BCUT2D eigenvalue weighted by atomic mass is 10.1. The Morgan fingerprint density at radius 1 is 1.38 bits per heavy atom. The van der Waals surface area contributed by atoms with E-state index in [4.69, 9.17) is 10.2 Å². The molecule has 0 saturated heterocycles. The minimum absolute atomic E-state index is 0.0821. The van der Waals surface area contributed by atoms with Gasteiger partial charge in [-0.15, -0.1) is 0 Å². The molecule has 1 atom stereocenters. The van der Waals surface area contributed by atoms with Crippen LogP contribution in [0.15, 0.2) is 34.9 Å². The summed E-state index contributed by atoms with van der Waals surface area (Å²) >= 11 is 0. The number of benzene rings is 1. The number of nitrogens with two attached hydrogens (primary N) is 1. The first-order chi connectivity index (χ1) is 7.72. The molecule has 1 aromatic heterocycles. The van der Waals surface area contributed by atoms with Crippen LogP contribution >= 0.6 is 0 Å². The summed E-state index contributed by atoms with van der Waals surface area (Å²) < 4.78 is 5.50. The van der Waals surface area contributed by atoms with Crippen LogP contribution in [0.5, 0.6) is 0 Å². The Labute approximate surface area is 95.0 Å². The van der Waals surface area contributed by atoms with E-state index in [1.807, 2.05) is 43.4 Å². The molecule has 4 heteroatoms. The molecule has 16 heavy (non-hydrogen) atoms. The van der Waals surface area contributed by atoms with Crippen molar-refractivity contribution in [2.75, 3.05) is 20.6 Å². The summed E-state index contributed by atoms with van der Waals surface area (Å²) in [4.78, 5) is 0. The number of nitrogens with one attached hydrogen (secondary N) is 1. The van der Waals surface area contributed by atoms with E-state index in [2.05, 4.69) is 5.43 Å². The zero-order chi connectivity index (χ0) is 11.5. The minimum Gasteiger partial charge on any atom is -0.464 e. The number of para-hydroxylation sites is 1. The fraction of sp³-hybridized carbons (Fsp3) is 0.333. The SMILES string of the molecule is CN(C)NC(CN)c1coc2ccccc12. The van der Waals surface area contributed by atoms with Crippen molar-refractivity contribution in [1.82, 2.24) is 10.4 Å². The van der Waals surface area contributed by atoms with Crippen LogP contribution in [0.2, 0.25) is 0 Å². The maximum absolute atomic E-state index is 5.77. The average Bonchev–Trinajstić information content (AvgIpc) is 2.69. The lowest BCUT2D eigenvalue weighted by Crippen LogP contribution is -2.37. The van der Waals surface area contributed by atoms with Crippen LogP contribution < -0.4 is 11.2 Å². The van der Waals surface area contributed by atoms with Crippen LogP contribution in [-0.4, -0.2) is 25.6 Å². The van der Waals surface area contributed by atoms with Crippen molar-refractivity contribution in [3.63, 3.8) is 0 Å². The maximum Gasteiger partial charge on any atom is 0.134 e. The molecule has 0 spiro atoms. The number of nitrogens with zero attached hydrogens (tertiary/aromatic N) is 1. The number of rotatable bonds is 4. The van der Waals surface area contributed by atoms with Gasteiger partial charge in [0.15, 0.2) is 0 Å². The van der Waals surface area contributed by atoms with Gasteiger partial charge in [0, 0.05) is 31.6 Å². The molecule has 0 aliphatic heterocycles. The quantitative estimate of drug-likeness (QED) is 0.765. The Morgan fingerprint density at radius 3 is 2.81 bits per heavy atom. The standard InChI is InChI=1S/C12H17N3O/c1-15(2)14-11(7-13)10-8-16-12-6-4-3-5-9(10)12/h3-6,8,11,14H,7,13H2,1-2H3. The molecule has 3 N–H and O–H groups in total. The van der Waals surface area contributed by atoms with Crippen molar-refractivity contribution in [3.8, 4) is 0 Å². The van der Waals surface area contributed by atoms with Gasteiger partial charge in [-0.3, -0.25) is 0 Å². The predicted octanol–water partition coefficient (Wildman–Crippen LogP) is 1.50. The Morgan fingerprint density at radius 2 is 2.12 bits per heavy atom. The first kappa shape index (κ1) is 11.1. The summed E-state index contributed by atoms with van der Waals surface area (Å²) in [6, 6.07) is 8.06. The Kier molecular flexibility index (Phi) is 3.24. The summed E-state index contributed by atoms with van der Waals surface area (Å²) in [7, 11) is 3.90. The normalized spacial score (nSPS) is 13.5. The lowest BCUT2D eigenvalue weighted by Gasteiger charge is -2.20. The zero-order valence-corrected chi connectivity index (χ0v) is 9.60. The van der Waals surface area contributed by atoms with Crippen LogP contribution in [0, 0.1) is 0 Å². The van der Waals surface area contributed by atoms with Crippen molar-refractivity contribution < 1.29 is 4.42 Å². The summed E-state index contributed by atoms with van der Waals surface area (Å²) in [5.41, 5.74) is 11.0. The average molecular weight is 219 g/mol. The number of fused-ring (bicyclic) bond motifs is 1. The molecule has 1 heterocycles. The van der Waals surface area contributed by atoms with Crippen molar-refractivity contribution >= 4 is 11.0 Å². The van der Waals surface area contributed by atoms with E-state index in [0.29, 0.717) is 6.54 Å². The summed E-state index contributed by atoms with van der Waals surface area (Å²) in [5.74, 6) is 0. The molecular formula is C12H17N3O. The largest absolute Gasteiger partial charge is 0.464 e. The number of hydrogen-bond donors (Lipinski definition) is 2. The van der Waals surface area contributed by atoms with Crippen molar-refractivity contribution in [2.24, 2.45) is 5.73 Å². The molecule has 86 valence electrons. The van der Waals surface area contributed by atoms with E-state index in [0.717, 1.165) is 16.5 Å². The second-order valence-corrected chi connectivity index (χ2v) is 4.00. The zero-order valence-electron chi connectivity index (χ0n) is 9.60. The van der Waals surface area contributed by atoms with Gasteiger partial charge >= 0.3 is 0 Å². The predicted molar refractivity (Wildman–Crippen MR) is 64.8 cm³/mol. The molecule has 0 aliphatic carbocycles. The van der Waals surface area contributed by atoms with Crippen LogP contribution in [-0.2, 0) is 0 Å². The molecule has 0 fully saturated rings. The van der Waals surface area contributed by atoms with E-state index < -0.39 is 0 Å². The van der Waals surface area contributed by atoms with Gasteiger partial charge in [0.25, 0.3) is 0 Å². The highest BCUT2D eigenvalue weighted by Gasteiger charge is 2.15. The monoisotopic (exact) mass is 219 g/mol. The topological polar surface area (TPSA) is 54.4 Å². The van der Waals surface area contributed by atoms with Gasteiger partial charge in [-0.1, -0.05) is 18.2 Å². The van der Waals surface area contributed by atoms with E-state index in [1.54, 1.807) is 6.26 Å². The molecule has 1 unspecified atom stereocenters. The van der Waals surface area contributed by atoms with Crippen molar-refractivity contribution in [1.29, 1.82) is 0 Å². The maximum atomic E-state index is 5.77. The Bertz CT molecular complexity index is 464. The lowest BCUT2D eigenvalue weighted by molar-refractivity contribution is 0.246. The molecule has 2 rings (SSSR count). The van der Waals surface area contributed by atoms with E-state index in [1.165, 1.54) is 0 Å². The highest BCUT2D eigenvalue weighted by atomic mass is 16.3. The molecule has 0 amide bonds. The first-order valence-electron chi connectivity index (χ1n) is 5.32. The van der Waals surface area contributed by atoms with E-state index in [-0.39, 0.29) is 6.04 Å². The molecule has 1 aromatic carbocycles. The molecule has 4 nitrogen and oxygen atoms in total. The third kappa shape index (κ3) is 2.09. The van der Waals surface area contributed by atoms with Gasteiger partial charge in [-0.2, -0.15) is 0 Å². The van der Waals surface area contributed by atoms with Gasteiger partial charge in [0.2, 0.25) is 0 Å². The van der Waals surface area contributed by atoms with E-state index >= 15 is 0 Å². The van der Waals surface area contributed by atoms with Crippen LogP contribution in [0.25, 0.3) is 11.0 Å². The van der Waals surface area contributed by atoms with Gasteiger partial charge < -0.3 is 10.2 Å². The van der Waals surface area contributed by atoms with E-state index in [9.17, 15) is 0 Å². The molecule has 0 saturated carbocycles. The summed E-state index contributed by atoms with van der Waals surface area (Å²) in [6.45, 7) is 0.529. The summed E-state index contributed by atoms with van der Waals surface area (Å²) in [5, 5.41) is 3.02. The second kappa shape index (κ2) is 4.65. The Hall–Kier alpha value is -1.36. The van der Waals surface area contributed by atoms with Gasteiger partial charge in [0.1, 0.15) is 5.58 Å². The first-order valence-corrected chi connectivity index (χ1v) is 5.32. The molecule has 2 aromatic rings. The highest BCUT2D eigenvalue weighted by molar-refractivity contribution is 5.81. The third-order valence-electron chi connectivity index (χ3n) is 2.54. The summed E-state index contributed by atoms with van der Waals surface area (Å²) in [6.07, 6.45) is 1.78. The molecular weight excluding hydrogens is 202 g/mol. The van der Waals surface area contributed by atoms with Gasteiger partial charge in [-0.25, -0.2) is 10.4 Å². The number of furan rings is 1. The smallest absolute Gasteiger partial charge is 0.134 e. The number of hydrazine groups is 1. The van der Waals surface area contributed by atoms with Crippen LogP contribution in [0.1, 0.15) is 11.6 Å². The fourth-order valence-electron chi connectivity index (χ4n) is 1.83. The highest BCUT2D eigenvalue weighted by Crippen LogP contribution is 2.25. The van der Waals surface area contributed by atoms with Gasteiger partial charge in [0.05, 0.1) is 12.3 Å².